The average Bonchev–Trinajstić information content (AvgIpc) is 3.50. The monoisotopic (exact) mass is 585 g/mol. The van der Waals surface area contributed by atoms with Gasteiger partial charge in [0.05, 0.1) is 22.3 Å². The number of para-hydroxylation sites is 1. The van der Waals surface area contributed by atoms with Crippen molar-refractivity contribution in [2.45, 2.75) is 24.0 Å². The van der Waals surface area contributed by atoms with Crippen LogP contribution in [0.1, 0.15) is 17.2 Å². The standard InChI is InChI=1S/C30H23N3O8S/c1-19-8-5-6-13-25(19)31-29(34)26-27(32(40-28(26)30(31)35)21-9-7-10-22(18-21)33(36)37)20-14-16-23(17-15-20)41-42(38,39)24-11-3-2-4-12-24/h2-18,26-28H,1H3. The second kappa shape index (κ2) is 10.4. The number of aryl methyl sites for hydroxylation is 1. The summed E-state index contributed by atoms with van der Waals surface area (Å²) in [5.74, 6) is -1.98. The second-order valence-electron chi connectivity index (χ2n) is 9.82. The van der Waals surface area contributed by atoms with Gasteiger partial charge in [-0.25, -0.2) is 9.96 Å². The highest BCUT2D eigenvalue weighted by molar-refractivity contribution is 7.87. The number of anilines is 2. The van der Waals surface area contributed by atoms with E-state index in [-0.39, 0.29) is 22.0 Å². The summed E-state index contributed by atoms with van der Waals surface area (Å²) in [6.45, 7) is 1.79. The van der Waals surface area contributed by atoms with Crippen molar-refractivity contribution in [3.05, 3.63) is 124 Å². The Labute approximate surface area is 240 Å². The van der Waals surface area contributed by atoms with Crippen molar-refractivity contribution < 1.29 is 32.0 Å². The predicted molar refractivity (Wildman–Crippen MR) is 151 cm³/mol. The highest BCUT2D eigenvalue weighted by atomic mass is 32.2. The minimum absolute atomic E-state index is 0.00989. The molecule has 2 amide bonds. The number of fused-ring (bicyclic) bond motifs is 1. The summed E-state index contributed by atoms with van der Waals surface area (Å²) >= 11 is 0. The molecule has 2 saturated heterocycles. The van der Waals surface area contributed by atoms with Crippen LogP contribution in [0.15, 0.2) is 108 Å². The van der Waals surface area contributed by atoms with Gasteiger partial charge in [-0.15, -0.1) is 0 Å². The van der Waals surface area contributed by atoms with E-state index >= 15 is 0 Å². The summed E-state index contributed by atoms with van der Waals surface area (Å²) in [5.41, 5.74) is 1.76. The number of amides is 2. The van der Waals surface area contributed by atoms with Crippen molar-refractivity contribution in [3.8, 4) is 5.75 Å². The number of rotatable bonds is 7. The third-order valence-electron chi connectivity index (χ3n) is 7.23. The number of hydrogen-bond donors (Lipinski definition) is 0. The summed E-state index contributed by atoms with van der Waals surface area (Å²) < 4.78 is 30.7. The molecule has 0 aromatic heterocycles. The number of carbonyl (C=O) groups excluding carboxylic acids is 2. The molecule has 0 spiro atoms. The molecule has 12 heteroatoms. The lowest BCUT2D eigenvalue weighted by atomic mass is 9.90. The molecule has 0 saturated carbocycles. The zero-order chi connectivity index (χ0) is 29.6. The molecule has 2 aliphatic rings. The molecule has 0 aliphatic carbocycles. The largest absolute Gasteiger partial charge is 0.379 e. The molecule has 212 valence electrons. The summed E-state index contributed by atoms with van der Waals surface area (Å²) in [7, 11) is -4.09. The summed E-state index contributed by atoms with van der Waals surface area (Å²) in [6, 6.07) is 25.5. The Balaban J connectivity index is 1.38. The fourth-order valence-electron chi connectivity index (χ4n) is 5.26. The van der Waals surface area contributed by atoms with E-state index in [0.29, 0.717) is 11.3 Å². The molecule has 0 bridgehead atoms. The zero-order valence-corrected chi connectivity index (χ0v) is 22.9. The topological polar surface area (TPSA) is 136 Å². The lowest BCUT2D eigenvalue weighted by Gasteiger charge is -2.29. The number of imide groups is 1. The molecule has 6 rings (SSSR count). The first-order chi connectivity index (χ1) is 20.2. The van der Waals surface area contributed by atoms with E-state index in [0.717, 1.165) is 10.5 Å². The minimum Gasteiger partial charge on any atom is -0.379 e. The molecule has 11 nitrogen and oxygen atoms in total. The van der Waals surface area contributed by atoms with Crippen LogP contribution >= 0.6 is 0 Å². The van der Waals surface area contributed by atoms with Crippen LogP contribution < -0.4 is 14.1 Å². The van der Waals surface area contributed by atoms with Crippen molar-refractivity contribution >= 4 is 39.0 Å². The van der Waals surface area contributed by atoms with Crippen LogP contribution in [-0.4, -0.2) is 31.3 Å². The number of carbonyl (C=O) groups is 2. The van der Waals surface area contributed by atoms with Gasteiger partial charge in [-0.1, -0.05) is 54.6 Å². The van der Waals surface area contributed by atoms with Gasteiger partial charge in [0, 0.05) is 12.1 Å². The van der Waals surface area contributed by atoms with Crippen molar-refractivity contribution in [2.24, 2.45) is 5.92 Å². The maximum absolute atomic E-state index is 13.9. The van der Waals surface area contributed by atoms with Gasteiger partial charge >= 0.3 is 10.1 Å². The van der Waals surface area contributed by atoms with E-state index in [1.165, 1.54) is 47.5 Å². The Morgan fingerprint density at radius 2 is 1.55 bits per heavy atom. The molecule has 0 N–H and O–H groups in total. The van der Waals surface area contributed by atoms with Crippen LogP contribution in [0.25, 0.3) is 0 Å². The van der Waals surface area contributed by atoms with Crippen LogP contribution in [0.2, 0.25) is 0 Å². The van der Waals surface area contributed by atoms with E-state index in [2.05, 4.69) is 0 Å². The molecular weight excluding hydrogens is 562 g/mol. The van der Waals surface area contributed by atoms with Crippen LogP contribution in [-0.2, 0) is 24.5 Å². The van der Waals surface area contributed by atoms with Crippen LogP contribution in [0.3, 0.4) is 0 Å². The maximum atomic E-state index is 13.9. The molecule has 2 aliphatic heterocycles. The number of non-ortho nitro benzene ring substituents is 1. The fourth-order valence-corrected chi connectivity index (χ4v) is 6.21. The Kier molecular flexibility index (Phi) is 6.71. The quantitative estimate of drug-likeness (QED) is 0.131. The third kappa shape index (κ3) is 4.66. The van der Waals surface area contributed by atoms with Gasteiger partial charge in [0.25, 0.3) is 11.6 Å². The molecule has 2 fully saturated rings. The van der Waals surface area contributed by atoms with Crippen molar-refractivity contribution in [1.29, 1.82) is 0 Å². The first-order valence-electron chi connectivity index (χ1n) is 12.9. The second-order valence-corrected chi connectivity index (χ2v) is 11.4. The minimum atomic E-state index is -4.09. The van der Waals surface area contributed by atoms with E-state index in [4.69, 9.17) is 9.02 Å². The van der Waals surface area contributed by atoms with Crippen LogP contribution in [0.5, 0.6) is 5.75 Å². The van der Waals surface area contributed by atoms with E-state index in [1.54, 1.807) is 67.6 Å². The van der Waals surface area contributed by atoms with Gasteiger partial charge in [-0.05, 0) is 54.4 Å². The van der Waals surface area contributed by atoms with Crippen LogP contribution in [0.4, 0.5) is 17.1 Å². The number of nitro benzene ring substituents is 1. The maximum Gasteiger partial charge on any atom is 0.339 e. The zero-order valence-electron chi connectivity index (χ0n) is 22.1. The Bertz CT molecular complexity index is 1810. The molecular formula is C30H23N3O8S. The summed E-state index contributed by atoms with van der Waals surface area (Å²) in [5, 5.41) is 12.8. The SMILES string of the molecule is Cc1ccccc1N1C(=O)C2ON(c3cccc([N+](=O)[O-])c3)C(c3ccc(OS(=O)(=O)c4ccccc4)cc3)C2C1=O. The van der Waals surface area contributed by atoms with Gasteiger partial charge in [-0.3, -0.25) is 24.5 Å². The van der Waals surface area contributed by atoms with Crippen LogP contribution in [0, 0.1) is 23.0 Å². The van der Waals surface area contributed by atoms with Gasteiger partial charge in [0.2, 0.25) is 5.91 Å². The molecule has 0 radical (unpaired) electrons. The Morgan fingerprint density at radius 3 is 2.24 bits per heavy atom. The molecule has 42 heavy (non-hydrogen) atoms. The normalized spacial score (nSPS) is 20.1. The number of benzene rings is 4. The predicted octanol–water partition coefficient (Wildman–Crippen LogP) is 4.72. The summed E-state index contributed by atoms with van der Waals surface area (Å²) in [6.07, 6.45) is -1.18. The lowest BCUT2D eigenvalue weighted by Crippen LogP contribution is -2.37. The molecule has 4 aromatic rings. The molecule has 2 heterocycles. The van der Waals surface area contributed by atoms with Gasteiger partial charge in [0.15, 0.2) is 6.10 Å². The van der Waals surface area contributed by atoms with Gasteiger partial charge < -0.3 is 4.18 Å². The summed E-state index contributed by atoms with van der Waals surface area (Å²) in [4.78, 5) is 45.6. The highest BCUT2D eigenvalue weighted by Gasteiger charge is 2.60. The molecule has 3 atom stereocenters. The van der Waals surface area contributed by atoms with Gasteiger partial charge in [-0.2, -0.15) is 8.42 Å². The van der Waals surface area contributed by atoms with E-state index in [9.17, 15) is 28.1 Å². The molecule has 4 aromatic carbocycles. The van der Waals surface area contributed by atoms with E-state index in [1.807, 2.05) is 0 Å². The van der Waals surface area contributed by atoms with Gasteiger partial charge in [0.1, 0.15) is 16.6 Å². The number of hydrogen-bond acceptors (Lipinski definition) is 9. The number of hydroxylamine groups is 1. The smallest absolute Gasteiger partial charge is 0.339 e. The highest BCUT2D eigenvalue weighted by Crippen LogP contribution is 2.48. The van der Waals surface area contributed by atoms with Crippen molar-refractivity contribution in [2.75, 3.05) is 9.96 Å². The number of nitro groups is 1. The molecule has 3 unspecified atom stereocenters. The first kappa shape index (κ1) is 27.1. The Morgan fingerprint density at radius 1 is 0.857 bits per heavy atom. The third-order valence-corrected chi connectivity index (χ3v) is 8.49. The fraction of sp³-hybridized carbons (Fsp3) is 0.133. The van der Waals surface area contributed by atoms with E-state index < -0.39 is 44.9 Å². The van der Waals surface area contributed by atoms with Crippen molar-refractivity contribution in [3.63, 3.8) is 0 Å². The Hall–Kier alpha value is -5.07. The van der Waals surface area contributed by atoms with Crippen molar-refractivity contribution in [1.82, 2.24) is 0 Å². The number of nitrogens with zero attached hydrogens (tertiary/aromatic N) is 3. The average molecular weight is 586 g/mol. The first-order valence-corrected chi connectivity index (χ1v) is 14.3. The lowest BCUT2D eigenvalue weighted by molar-refractivity contribution is -0.384.